The van der Waals surface area contributed by atoms with Gasteiger partial charge in [0.1, 0.15) is 12.4 Å². The van der Waals surface area contributed by atoms with E-state index >= 15 is 0 Å². The Hall–Kier alpha value is -1.94. The zero-order valence-electron chi connectivity index (χ0n) is 11.6. The van der Waals surface area contributed by atoms with Gasteiger partial charge in [0.05, 0.1) is 0 Å². The van der Waals surface area contributed by atoms with E-state index < -0.39 is 0 Å². The van der Waals surface area contributed by atoms with Gasteiger partial charge in [-0.15, -0.1) is 0 Å². The van der Waals surface area contributed by atoms with E-state index in [1.807, 2.05) is 24.3 Å². The van der Waals surface area contributed by atoms with Crippen LogP contribution >= 0.6 is 0 Å². The van der Waals surface area contributed by atoms with Gasteiger partial charge < -0.3 is 4.74 Å². The van der Waals surface area contributed by atoms with Gasteiger partial charge in [0.2, 0.25) is 0 Å². The van der Waals surface area contributed by atoms with Crippen LogP contribution in [0.5, 0.6) is 0 Å². The zero-order valence-corrected chi connectivity index (χ0v) is 11.6. The Morgan fingerprint density at radius 3 is 2.95 bits per heavy atom. The van der Waals surface area contributed by atoms with Gasteiger partial charge in [-0.05, 0) is 23.8 Å². The van der Waals surface area contributed by atoms with Crippen molar-refractivity contribution in [2.24, 2.45) is 5.92 Å². The number of fused-ring (bicyclic) bond motifs is 1. The van der Waals surface area contributed by atoms with Crippen LogP contribution in [-0.2, 0) is 4.74 Å². The average Bonchev–Trinajstić information content (AvgIpc) is 2.90. The minimum atomic E-state index is -0.352. The SMILES string of the molecule is CC1CCN(COC(=O)c2cc3ccccc3cn2)C1. The lowest BCUT2D eigenvalue weighted by Gasteiger charge is -2.14. The number of rotatable bonds is 3. The van der Waals surface area contributed by atoms with Crippen LogP contribution in [0.4, 0.5) is 0 Å². The summed E-state index contributed by atoms with van der Waals surface area (Å²) in [6.07, 6.45) is 2.88. The van der Waals surface area contributed by atoms with Crippen molar-refractivity contribution >= 4 is 16.7 Å². The highest BCUT2D eigenvalue weighted by molar-refractivity contribution is 5.92. The Kier molecular flexibility index (Phi) is 3.65. The largest absolute Gasteiger partial charge is 0.445 e. The fourth-order valence-electron chi connectivity index (χ4n) is 2.56. The minimum Gasteiger partial charge on any atom is -0.445 e. The van der Waals surface area contributed by atoms with E-state index in [-0.39, 0.29) is 5.97 Å². The summed E-state index contributed by atoms with van der Waals surface area (Å²) in [7, 11) is 0. The minimum absolute atomic E-state index is 0.352. The molecule has 1 saturated heterocycles. The third kappa shape index (κ3) is 2.80. The summed E-state index contributed by atoms with van der Waals surface area (Å²) in [4.78, 5) is 18.3. The number of aromatic nitrogens is 1. The number of hydrogen-bond donors (Lipinski definition) is 0. The number of likely N-dealkylation sites (tertiary alicyclic amines) is 1. The molecular weight excluding hydrogens is 252 g/mol. The van der Waals surface area contributed by atoms with Crippen LogP contribution in [0.15, 0.2) is 36.5 Å². The van der Waals surface area contributed by atoms with Crippen LogP contribution in [0.3, 0.4) is 0 Å². The first-order chi connectivity index (χ1) is 9.72. The van der Waals surface area contributed by atoms with Crippen molar-refractivity contribution in [3.63, 3.8) is 0 Å². The standard InChI is InChI=1S/C16H18N2O2/c1-12-6-7-18(10-12)11-20-16(19)15-8-13-4-2-3-5-14(13)9-17-15/h2-5,8-9,12H,6-7,10-11H2,1H3. The molecule has 0 aliphatic carbocycles. The van der Waals surface area contributed by atoms with Crippen molar-refractivity contribution in [1.29, 1.82) is 0 Å². The molecule has 0 bridgehead atoms. The number of esters is 1. The highest BCUT2D eigenvalue weighted by atomic mass is 16.5. The molecule has 4 nitrogen and oxygen atoms in total. The van der Waals surface area contributed by atoms with Gasteiger partial charge in [0.15, 0.2) is 0 Å². The lowest BCUT2D eigenvalue weighted by molar-refractivity contribution is 0.0256. The smallest absolute Gasteiger partial charge is 0.358 e. The molecule has 1 aromatic heterocycles. The fraction of sp³-hybridized carbons (Fsp3) is 0.375. The van der Waals surface area contributed by atoms with E-state index in [2.05, 4.69) is 16.8 Å². The van der Waals surface area contributed by atoms with E-state index in [0.717, 1.165) is 23.9 Å². The van der Waals surface area contributed by atoms with Gasteiger partial charge in [0.25, 0.3) is 0 Å². The third-order valence-corrected chi connectivity index (χ3v) is 3.73. The molecule has 1 aromatic carbocycles. The van der Waals surface area contributed by atoms with Crippen LogP contribution in [0.2, 0.25) is 0 Å². The summed E-state index contributed by atoms with van der Waals surface area (Å²) >= 11 is 0. The van der Waals surface area contributed by atoms with Crippen molar-refractivity contribution in [1.82, 2.24) is 9.88 Å². The predicted molar refractivity (Wildman–Crippen MR) is 77.4 cm³/mol. The monoisotopic (exact) mass is 270 g/mol. The molecule has 1 unspecified atom stereocenters. The van der Waals surface area contributed by atoms with E-state index in [9.17, 15) is 4.79 Å². The molecule has 0 spiro atoms. The Labute approximate surface area is 118 Å². The Morgan fingerprint density at radius 1 is 1.40 bits per heavy atom. The zero-order chi connectivity index (χ0) is 13.9. The normalized spacial score (nSPS) is 19.4. The molecule has 2 heterocycles. The van der Waals surface area contributed by atoms with Crippen molar-refractivity contribution in [2.75, 3.05) is 19.8 Å². The van der Waals surface area contributed by atoms with Crippen LogP contribution in [0, 0.1) is 5.92 Å². The number of hydrogen-bond acceptors (Lipinski definition) is 4. The van der Waals surface area contributed by atoms with Crippen LogP contribution in [-0.4, -0.2) is 35.7 Å². The Bertz CT molecular complexity index is 627. The molecule has 104 valence electrons. The second-order valence-electron chi connectivity index (χ2n) is 5.45. The number of nitrogens with zero attached hydrogens (tertiary/aromatic N) is 2. The number of carbonyl (C=O) groups is 1. The summed E-state index contributed by atoms with van der Waals surface area (Å²) in [6, 6.07) is 9.63. The molecule has 0 radical (unpaired) electrons. The summed E-state index contributed by atoms with van der Waals surface area (Å²) < 4.78 is 5.33. The van der Waals surface area contributed by atoms with E-state index in [0.29, 0.717) is 18.3 Å². The second kappa shape index (κ2) is 5.59. The van der Waals surface area contributed by atoms with Gasteiger partial charge in [-0.25, -0.2) is 9.78 Å². The number of carbonyl (C=O) groups excluding carboxylic acids is 1. The maximum atomic E-state index is 12.0. The van der Waals surface area contributed by atoms with Crippen LogP contribution < -0.4 is 0 Å². The number of benzene rings is 1. The Morgan fingerprint density at radius 2 is 2.20 bits per heavy atom. The topological polar surface area (TPSA) is 42.4 Å². The van der Waals surface area contributed by atoms with Gasteiger partial charge in [-0.3, -0.25) is 4.90 Å². The van der Waals surface area contributed by atoms with Gasteiger partial charge >= 0.3 is 5.97 Å². The number of ether oxygens (including phenoxy) is 1. The van der Waals surface area contributed by atoms with Crippen LogP contribution in [0.1, 0.15) is 23.8 Å². The second-order valence-corrected chi connectivity index (χ2v) is 5.45. The third-order valence-electron chi connectivity index (χ3n) is 3.73. The molecular formula is C16H18N2O2. The average molecular weight is 270 g/mol. The van der Waals surface area contributed by atoms with Crippen molar-refractivity contribution in [3.8, 4) is 0 Å². The molecule has 0 saturated carbocycles. The van der Waals surface area contributed by atoms with Gasteiger partial charge in [-0.2, -0.15) is 0 Å². The lowest BCUT2D eigenvalue weighted by Crippen LogP contribution is -2.25. The summed E-state index contributed by atoms with van der Waals surface area (Å²) in [6.45, 7) is 4.57. The highest BCUT2D eigenvalue weighted by Gasteiger charge is 2.20. The lowest BCUT2D eigenvalue weighted by atomic mass is 10.1. The van der Waals surface area contributed by atoms with Crippen LogP contribution in [0.25, 0.3) is 10.8 Å². The van der Waals surface area contributed by atoms with Crippen molar-refractivity contribution < 1.29 is 9.53 Å². The fourth-order valence-corrected chi connectivity index (χ4v) is 2.56. The molecule has 2 aromatic rings. The molecule has 1 aliphatic heterocycles. The summed E-state index contributed by atoms with van der Waals surface area (Å²) in [5.41, 5.74) is 0.371. The molecule has 20 heavy (non-hydrogen) atoms. The summed E-state index contributed by atoms with van der Waals surface area (Å²) in [5.74, 6) is 0.336. The molecule has 1 aliphatic rings. The van der Waals surface area contributed by atoms with Gasteiger partial charge in [0, 0.05) is 24.7 Å². The first-order valence-electron chi connectivity index (χ1n) is 6.96. The van der Waals surface area contributed by atoms with E-state index in [4.69, 9.17) is 4.74 Å². The number of pyridine rings is 1. The highest BCUT2D eigenvalue weighted by Crippen LogP contribution is 2.16. The van der Waals surface area contributed by atoms with Gasteiger partial charge in [-0.1, -0.05) is 31.2 Å². The first kappa shape index (κ1) is 13.1. The molecule has 1 fully saturated rings. The molecule has 1 atom stereocenters. The van der Waals surface area contributed by atoms with E-state index in [1.165, 1.54) is 6.42 Å². The first-order valence-corrected chi connectivity index (χ1v) is 6.96. The molecule has 0 N–H and O–H groups in total. The Balaban J connectivity index is 1.66. The molecule has 0 amide bonds. The summed E-state index contributed by atoms with van der Waals surface area (Å²) in [5, 5.41) is 2.03. The quantitative estimate of drug-likeness (QED) is 0.804. The molecule has 3 rings (SSSR count). The maximum absolute atomic E-state index is 12.0. The van der Waals surface area contributed by atoms with Crippen molar-refractivity contribution in [3.05, 3.63) is 42.2 Å². The van der Waals surface area contributed by atoms with E-state index in [1.54, 1.807) is 12.3 Å². The van der Waals surface area contributed by atoms with Crippen molar-refractivity contribution in [2.45, 2.75) is 13.3 Å². The predicted octanol–water partition coefficient (Wildman–Crippen LogP) is 2.69. The maximum Gasteiger partial charge on any atom is 0.358 e. The molecule has 4 heteroatoms.